The SMILES string of the molecule is c1cn2c(CCC3CCNCC3)nnc2cn1. The molecule has 0 radical (unpaired) electrons. The van der Waals surface area contributed by atoms with Gasteiger partial charge in [-0.3, -0.25) is 9.38 Å². The predicted octanol–water partition coefficient (Wildman–Crippen LogP) is 1.06. The number of nitrogens with zero attached hydrogens (tertiary/aromatic N) is 4. The number of hydrogen-bond acceptors (Lipinski definition) is 4. The molecule has 0 aliphatic carbocycles. The van der Waals surface area contributed by atoms with Gasteiger partial charge in [0.15, 0.2) is 5.65 Å². The Labute approximate surface area is 100 Å². The number of nitrogens with one attached hydrogen (secondary N) is 1. The molecule has 90 valence electrons. The highest BCUT2D eigenvalue weighted by Crippen LogP contribution is 2.18. The van der Waals surface area contributed by atoms with Crippen LogP contribution in [0.4, 0.5) is 0 Å². The third-order valence-corrected chi connectivity index (χ3v) is 3.52. The number of rotatable bonds is 3. The summed E-state index contributed by atoms with van der Waals surface area (Å²) in [5.41, 5.74) is 0.841. The molecule has 3 heterocycles. The molecule has 1 fully saturated rings. The fourth-order valence-electron chi connectivity index (χ4n) is 2.48. The molecule has 5 heteroatoms. The van der Waals surface area contributed by atoms with E-state index in [0.717, 1.165) is 36.9 Å². The summed E-state index contributed by atoms with van der Waals surface area (Å²) in [4.78, 5) is 4.04. The van der Waals surface area contributed by atoms with Gasteiger partial charge >= 0.3 is 0 Å². The average molecular weight is 231 g/mol. The van der Waals surface area contributed by atoms with E-state index in [0.29, 0.717) is 0 Å². The molecule has 17 heavy (non-hydrogen) atoms. The van der Waals surface area contributed by atoms with E-state index >= 15 is 0 Å². The molecular formula is C12H17N5. The molecule has 2 aromatic rings. The van der Waals surface area contributed by atoms with Gasteiger partial charge in [0, 0.05) is 18.8 Å². The number of aryl methyl sites for hydroxylation is 1. The Kier molecular flexibility index (Phi) is 3.00. The minimum Gasteiger partial charge on any atom is -0.317 e. The Balaban J connectivity index is 1.68. The van der Waals surface area contributed by atoms with E-state index in [1.807, 2.05) is 10.6 Å². The summed E-state index contributed by atoms with van der Waals surface area (Å²) in [6, 6.07) is 0. The molecular weight excluding hydrogens is 214 g/mol. The molecule has 0 bridgehead atoms. The van der Waals surface area contributed by atoms with Crippen molar-refractivity contribution in [3.63, 3.8) is 0 Å². The Bertz CT molecular complexity index is 486. The molecule has 2 aromatic heterocycles. The van der Waals surface area contributed by atoms with Gasteiger partial charge in [0.2, 0.25) is 0 Å². The first-order chi connectivity index (χ1) is 8.43. The molecule has 3 rings (SSSR count). The third kappa shape index (κ3) is 2.29. The van der Waals surface area contributed by atoms with Crippen LogP contribution in [0.25, 0.3) is 5.65 Å². The van der Waals surface area contributed by atoms with E-state index < -0.39 is 0 Å². The van der Waals surface area contributed by atoms with Gasteiger partial charge in [-0.05, 0) is 38.3 Å². The fourth-order valence-corrected chi connectivity index (χ4v) is 2.48. The largest absolute Gasteiger partial charge is 0.317 e. The molecule has 5 nitrogen and oxygen atoms in total. The van der Waals surface area contributed by atoms with Crippen molar-refractivity contribution in [1.29, 1.82) is 0 Å². The minimum atomic E-state index is 0.838. The Morgan fingerprint density at radius 3 is 3.06 bits per heavy atom. The van der Waals surface area contributed by atoms with Crippen LogP contribution in [-0.2, 0) is 6.42 Å². The maximum atomic E-state index is 4.24. The lowest BCUT2D eigenvalue weighted by atomic mass is 9.93. The van der Waals surface area contributed by atoms with Gasteiger partial charge < -0.3 is 5.32 Å². The molecule has 0 amide bonds. The summed E-state index contributed by atoms with van der Waals surface area (Å²) < 4.78 is 2.04. The number of fused-ring (bicyclic) bond motifs is 1. The van der Waals surface area contributed by atoms with E-state index in [1.165, 1.54) is 19.3 Å². The van der Waals surface area contributed by atoms with Gasteiger partial charge in [0.25, 0.3) is 0 Å². The highest BCUT2D eigenvalue weighted by atomic mass is 15.2. The molecule has 0 unspecified atom stereocenters. The lowest BCUT2D eigenvalue weighted by Crippen LogP contribution is -2.28. The van der Waals surface area contributed by atoms with Crippen molar-refractivity contribution in [2.45, 2.75) is 25.7 Å². The second-order valence-electron chi connectivity index (χ2n) is 4.65. The van der Waals surface area contributed by atoms with Crippen LogP contribution in [0.15, 0.2) is 18.6 Å². The molecule has 0 aromatic carbocycles. The highest BCUT2D eigenvalue weighted by molar-refractivity contribution is 5.33. The van der Waals surface area contributed by atoms with Crippen LogP contribution < -0.4 is 5.32 Å². The van der Waals surface area contributed by atoms with E-state index in [9.17, 15) is 0 Å². The Morgan fingerprint density at radius 1 is 1.29 bits per heavy atom. The van der Waals surface area contributed by atoms with Crippen LogP contribution in [0, 0.1) is 5.92 Å². The topological polar surface area (TPSA) is 55.1 Å². The van der Waals surface area contributed by atoms with E-state index in [1.54, 1.807) is 12.4 Å². The van der Waals surface area contributed by atoms with Gasteiger partial charge in [-0.25, -0.2) is 0 Å². The van der Waals surface area contributed by atoms with Crippen molar-refractivity contribution in [3.05, 3.63) is 24.4 Å². The molecule has 0 saturated carbocycles. The van der Waals surface area contributed by atoms with Crippen LogP contribution in [-0.4, -0.2) is 32.7 Å². The van der Waals surface area contributed by atoms with Crippen LogP contribution in [0.3, 0.4) is 0 Å². The van der Waals surface area contributed by atoms with Crippen molar-refractivity contribution < 1.29 is 0 Å². The molecule has 1 N–H and O–H groups in total. The van der Waals surface area contributed by atoms with E-state index in [2.05, 4.69) is 20.5 Å². The van der Waals surface area contributed by atoms with Crippen LogP contribution in [0.2, 0.25) is 0 Å². The first-order valence-corrected chi connectivity index (χ1v) is 6.28. The second-order valence-corrected chi connectivity index (χ2v) is 4.65. The first kappa shape index (κ1) is 10.7. The summed E-state index contributed by atoms with van der Waals surface area (Å²) in [5.74, 6) is 1.89. The first-order valence-electron chi connectivity index (χ1n) is 6.28. The maximum Gasteiger partial charge on any atom is 0.179 e. The van der Waals surface area contributed by atoms with Gasteiger partial charge in [-0.1, -0.05) is 0 Å². The molecule has 1 aliphatic rings. The molecule has 1 saturated heterocycles. The Hall–Kier alpha value is -1.49. The zero-order valence-electron chi connectivity index (χ0n) is 9.84. The third-order valence-electron chi connectivity index (χ3n) is 3.52. The standard InChI is InChI=1S/C12H17N5/c1(10-3-5-13-6-4-10)2-11-15-16-12-9-14-7-8-17(11)12/h7-10,13H,1-6H2. The zero-order valence-corrected chi connectivity index (χ0v) is 9.84. The van der Waals surface area contributed by atoms with Crippen LogP contribution >= 0.6 is 0 Å². The van der Waals surface area contributed by atoms with Gasteiger partial charge in [0.1, 0.15) is 5.82 Å². The average Bonchev–Trinajstić information content (AvgIpc) is 2.81. The maximum absolute atomic E-state index is 4.24. The summed E-state index contributed by atoms with van der Waals surface area (Å²) in [6.07, 6.45) is 10.3. The van der Waals surface area contributed by atoms with Crippen molar-refractivity contribution >= 4 is 5.65 Å². The fraction of sp³-hybridized carbons (Fsp3) is 0.583. The minimum absolute atomic E-state index is 0.838. The summed E-state index contributed by atoms with van der Waals surface area (Å²) in [5, 5.41) is 11.8. The molecule has 0 atom stereocenters. The van der Waals surface area contributed by atoms with Gasteiger partial charge in [-0.15, -0.1) is 10.2 Å². The van der Waals surface area contributed by atoms with Crippen molar-refractivity contribution in [2.24, 2.45) is 5.92 Å². The highest BCUT2D eigenvalue weighted by Gasteiger charge is 2.14. The van der Waals surface area contributed by atoms with Crippen molar-refractivity contribution in [3.8, 4) is 0 Å². The Morgan fingerprint density at radius 2 is 2.18 bits per heavy atom. The van der Waals surface area contributed by atoms with E-state index in [4.69, 9.17) is 0 Å². The molecule has 0 spiro atoms. The summed E-state index contributed by atoms with van der Waals surface area (Å²) in [7, 11) is 0. The monoisotopic (exact) mass is 231 g/mol. The number of aromatic nitrogens is 4. The van der Waals surface area contributed by atoms with Gasteiger partial charge in [-0.2, -0.15) is 0 Å². The normalized spacial score (nSPS) is 17.6. The quantitative estimate of drug-likeness (QED) is 0.858. The zero-order chi connectivity index (χ0) is 11.5. The lowest BCUT2D eigenvalue weighted by molar-refractivity contribution is 0.352. The lowest BCUT2D eigenvalue weighted by Gasteiger charge is -2.21. The van der Waals surface area contributed by atoms with Crippen molar-refractivity contribution in [1.82, 2.24) is 24.9 Å². The van der Waals surface area contributed by atoms with Crippen LogP contribution in [0.1, 0.15) is 25.1 Å². The number of piperidine rings is 1. The van der Waals surface area contributed by atoms with Crippen LogP contribution in [0.5, 0.6) is 0 Å². The smallest absolute Gasteiger partial charge is 0.179 e. The summed E-state index contributed by atoms with van der Waals surface area (Å²) in [6.45, 7) is 2.32. The summed E-state index contributed by atoms with van der Waals surface area (Å²) >= 11 is 0. The second kappa shape index (κ2) is 4.79. The van der Waals surface area contributed by atoms with E-state index in [-0.39, 0.29) is 0 Å². The van der Waals surface area contributed by atoms with Crippen molar-refractivity contribution in [2.75, 3.05) is 13.1 Å². The number of hydrogen-bond donors (Lipinski definition) is 1. The predicted molar refractivity (Wildman–Crippen MR) is 64.7 cm³/mol. The molecule has 1 aliphatic heterocycles. The van der Waals surface area contributed by atoms with Gasteiger partial charge in [0.05, 0.1) is 6.20 Å².